The molecule has 2 aromatic carbocycles. The van der Waals surface area contributed by atoms with Crippen molar-refractivity contribution < 1.29 is 5.11 Å². The van der Waals surface area contributed by atoms with Gasteiger partial charge in [0.05, 0.1) is 11.0 Å². The van der Waals surface area contributed by atoms with E-state index in [0.717, 1.165) is 27.4 Å². The van der Waals surface area contributed by atoms with Crippen molar-refractivity contribution in [3.8, 4) is 16.9 Å². The second-order valence-corrected chi connectivity index (χ2v) is 4.93. The lowest BCUT2D eigenvalue weighted by Gasteiger charge is -1.99. The molecular formula is C17H15NO. The number of phenolic OH excluding ortho intramolecular Hbond substituents is 1. The van der Waals surface area contributed by atoms with Crippen LogP contribution in [0.1, 0.15) is 13.8 Å². The number of fused-ring (bicyclic) bond motifs is 3. The lowest BCUT2D eigenvalue weighted by molar-refractivity contribution is 0.470. The Morgan fingerprint density at radius 2 is 1.84 bits per heavy atom. The molecule has 1 aliphatic heterocycles. The number of benzene rings is 2. The summed E-state index contributed by atoms with van der Waals surface area (Å²) in [5, 5.41) is 11.7. The summed E-state index contributed by atoms with van der Waals surface area (Å²) in [6, 6.07) is 11.7. The second-order valence-electron chi connectivity index (χ2n) is 4.93. The van der Waals surface area contributed by atoms with Crippen LogP contribution in [0.3, 0.4) is 0 Å². The largest absolute Gasteiger partial charge is 0.507 e. The minimum atomic E-state index is 0.271. The first kappa shape index (κ1) is 11.7. The summed E-state index contributed by atoms with van der Waals surface area (Å²) in [6.45, 7) is 4.06. The summed E-state index contributed by atoms with van der Waals surface area (Å²) in [6.07, 6.45) is 3.92. The van der Waals surface area contributed by atoms with Crippen LogP contribution in [0.4, 0.5) is 5.69 Å². The molecule has 0 bridgehead atoms. The molecular weight excluding hydrogens is 234 g/mol. The maximum atomic E-state index is 10.0. The molecule has 0 saturated heterocycles. The molecule has 2 aromatic rings. The van der Waals surface area contributed by atoms with E-state index in [-0.39, 0.29) is 5.75 Å². The van der Waals surface area contributed by atoms with Crippen molar-refractivity contribution in [2.24, 2.45) is 4.99 Å². The number of rotatable bonds is 1. The molecule has 1 aliphatic rings. The van der Waals surface area contributed by atoms with Gasteiger partial charge in [-0.1, -0.05) is 29.8 Å². The van der Waals surface area contributed by atoms with Crippen LogP contribution in [0.5, 0.6) is 5.75 Å². The Bertz CT molecular complexity index is 796. The molecule has 0 spiro atoms. The number of hydrogen-bond acceptors (Lipinski definition) is 2. The Balaban J connectivity index is 2.36. The highest BCUT2D eigenvalue weighted by molar-refractivity contribution is 5.79. The van der Waals surface area contributed by atoms with Gasteiger partial charge in [-0.2, -0.15) is 0 Å². The average Bonchev–Trinajstić information content (AvgIpc) is 2.75. The van der Waals surface area contributed by atoms with E-state index in [4.69, 9.17) is 0 Å². The third-order valence-corrected chi connectivity index (χ3v) is 3.20. The number of allylic oxidation sites excluding steroid dienone is 2. The van der Waals surface area contributed by atoms with E-state index in [1.54, 1.807) is 6.07 Å². The monoisotopic (exact) mass is 249 g/mol. The zero-order valence-corrected chi connectivity index (χ0v) is 11.0. The van der Waals surface area contributed by atoms with Gasteiger partial charge in [0.2, 0.25) is 0 Å². The summed E-state index contributed by atoms with van der Waals surface area (Å²) in [5.74, 6) is 0.271. The fourth-order valence-corrected chi connectivity index (χ4v) is 2.27. The topological polar surface area (TPSA) is 32.6 Å². The minimum absolute atomic E-state index is 0.271. The predicted octanol–water partition coefficient (Wildman–Crippen LogP) is 3.07. The Morgan fingerprint density at radius 1 is 1.05 bits per heavy atom. The van der Waals surface area contributed by atoms with Gasteiger partial charge >= 0.3 is 0 Å². The van der Waals surface area contributed by atoms with E-state index in [2.05, 4.69) is 11.1 Å². The van der Waals surface area contributed by atoms with Crippen molar-refractivity contribution >= 4 is 11.8 Å². The van der Waals surface area contributed by atoms with Crippen LogP contribution in [0.25, 0.3) is 17.2 Å². The highest BCUT2D eigenvalue weighted by atomic mass is 16.3. The SMILES string of the molecule is CC(C)=C/C=c1\c(O)ccc2c1=Nc1ccccc1-2. The maximum absolute atomic E-state index is 10.0. The van der Waals surface area contributed by atoms with Gasteiger partial charge in [-0.25, -0.2) is 4.99 Å². The number of aromatic hydroxyl groups is 1. The molecule has 94 valence electrons. The highest BCUT2D eigenvalue weighted by Gasteiger charge is 2.14. The Morgan fingerprint density at radius 3 is 2.63 bits per heavy atom. The molecule has 0 amide bonds. The molecule has 3 rings (SSSR count). The van der Waals surface area contributed by atoms with Crippen LogP contribution in [-0.4, -0.2) is 5.11 Å². The van der Waals surface area contributed by atoms with Gasteiger partial charge in [-0.3, -0.25) is 0 Å². The minimum Gasteiger partial charge on any atom is -0.507 e. The molecule has 1 N–H and O–H groups in total. The van der Waals surface area contributed by atoms with Crippen LogP contribution >= 0.6 is 0 Å². The molecule has 0 saturated carbocycles. The van der Waals surface area contributed by atoms with E-state index in [1.165, 1.54) is 5.57 Å². The van der Waals surface area contributed by atoms with Gasteiger partial charge in [0.25, 0.3) is 0 Å². The fraction of sp³-hybridized carbons (Fsp3) is 0.118. The zero-order valence-electron chi connectivity index (χ0n) is 11.0. The molecule has 2 heteroatoms. The van der Waals surface area contributed by atoms with Crippen molar-refractivity contribution in [1.29, 1.82) is 0 Å². The molecule has 0 fully saturated rings. The van der Waals surface area contributed by atoms with Gasteiger partial charge < -0.3 is 5.11 Å². The van der Waals surface area contributed by atoms with E-state index >= 15 is 0 Å². The Hall–Kier alpha value is -2.35. The molecule has 1 heterocycles. The summed E-state index contributed by atoms with van der Waals surface area (Å²) in [4.78, 5) is 4.63. The van der Waals surface area contributed by atoms with Crippen LogP contribution in [0.15, 0.2) is 53.0 Å². The van der Waals surface area contributed by atoms with E-state index in [9.17, 15) is 5.11 Å². The third-order valence-electron chi connectivity index (χ3n) is 3.20. The lowest BCUT2D eigenvalue weighted by Crippen LogP contribution is -2.25. The quantitative estimate of drug-likeness (QED) is 0.706. The summed E-state index contributed by atoms with van der Waals surface area (Å²) in [7, 11) is 0. The average molecular weight is 249 g/mol. The lowest BCUT2D eigenvalue weighted by atomic mass is 10.0. The van der Waals surface area contributed by atoms with E-state index in [1.807, 2.05) is 50.3 Å². The molecule has 2 nitrogen and oxygen atoms in total. The van der Waals surface area contributed by atoms with Crippen molar-refractivity contribution in [2.45, 2.75) is 13.8 Å². The fourth-order valence-electron chi connectivity index (χ4n) is 2.27. The van der Waals surface area contributed by atoms with Gasteiger partial charge in [-0.05, 0) is 38.1 Å². The highest BCUT2D eigenvalue weighted by Crippen LogP contribution is 2.31. The van der Waals surface area contributed by atoms with Crippen molar-refractivity contribution in [3.63, 3.8) is 0 Å². The van der Waals surface area contributed by atoms with Crippen LogP contribution in [-0.2, 0) is 0 Å². The Labute approximate surface area is 112 Å². The molecule has 0 aromatic heterocycles. The van der Waals surface area contributed by atoms with Gasteiger partial charge in [0, 0.05) is 16.3 Å². The first-order valence-corrected chi connectivity index (χ1v) is 6.32. The smallest absolute Gasteiger partial charge is 0.125 e. The van der Waals surface area contributed by atoms with E-state index < -0.39 is 0 Å². The number of para-hydroxylation sites is 1. The molecule has 19 heavy (non-hydrogen) atoms. The maximum Gasteiger partial charge on any atom is 0.125 e. The van der Waals surface area contributed by atoms with Gasteiger partial charge in [0.15, 0.2) is 0 Å². The molecule has 0 atom stereocenters. The number of phenols is 1. The normalized spacial score (nSPS) is 12.6. The number of nitrogens with zero attached hydrogens (tertiary/aromatic N) is 1. The Kier molecular flexibility index (Phi) is 2.71. The molecule has 0 unspecified atom stereocenters. The first-order chi connectivity index (χ1) is 9.16. The van der Waals surface area contributed by atoms with Crippen molar-refractivity contribution in [2.75, 3.05) is 0 Å². The van der Waals surface area contributed by atoms with Crippen LogP contribution in [0.2, 0.25) is 0 Å². The second kappa shape index (κ2) is 4.39. The van der Waals surface area contributed by atoms with E-state index in [0.29, 0.717) is 0 Å². The van der Waals surface area contributed by atoms with Crippen molar-refractivity contribution in [1.82, 2.24) is 0 Å². The first-order valence-electron chi connectivity index (χ1n) is 6.32. The van der Waals surface area contributed by atoms with Crippen molar-refractivity contribution in [3.05, 3.63) is 58.6 Å². The zero-order chi connectivity index (χ0) is 13.4. The van der Waals surface area contributed by atoms with Crippen LogP contribution < -0.4 is 10.6 Å². The molecule has 0 radical (unpaired) electrons. The van der Waals surface area contributed by atoms with Crippen LogP contribution in [0, 0.1) is 0 Å². The standard InChI is InChI=1S/C17H15NO/c1-11(2)7-8-14-16(19)10-9-13-12-5-3-4-6-15(12)18-17(13)14/h3-10,19H,1-2H3/b14-8+. The summed E-state index contributed by atoms with van der Waals surface area (Å²) < 4.78 is 0. The summed E-state index contributed by atoms with van der Waals surface area (Å²) >= 11 is 0. The van der Waals surface area contributed by atoms with Gasteiger partial charge in [-0.15, -0.1) is 0 Å². The predicted molar refractivity (Wildman–Crippen MR) is 77.9 cm³/mol. The number of hydrogen-bond donors (Lipinski definition) is 1. The van der Waals surface area contributed by atoms with Gasteiger partial charge in [0.1, 0.15) is 5.75 Å². The molecule has 0 aliphatic carbocycles. The third kappa shape index (κ3) is 1.95. The summed E-state index contributed by atoms with van der Waals surface area (Å²) in [5.41, 5.74) is 4.37.